The Balaban J connectivity index is 2.09. The van der Waals surface area contributed by atoms with Gasteiger partial charge in [0.15, 0.2) is 0 Å². The van der Waals surface area contributed by atoms with Crippen molar-refractivity contribution >= 4 is 17.4 Å². The molecule has 0 aliphatic rings. The van der Waals surface area contributed by atoms with Crippen molar-refractivity contribution in [2.45, 2.75) is 12.8 Å². The SMILES string of the molecule is CC(C(=O)Nc1ccc(F)cn1)c1cccc(N)c1. The Morgan fingerprint density at radius 2 is 2.16 bits per heavy atom. The predicted molar refractivity (Wildman–Crippen MR) is 72.1 cm³/mol. The summed E-state index contributed by atoms with van der Waals surface area (Å²) in [5, 5.41) is 2.63. The Kier molecular flexibility index (Phi) is 3.75. The maximum absolute atomic E-state index is 12.7. The summed E-state index contributed by atoms with van der Waals surface area (Å²) in [7, 11) is 0. The van der Waals surface area contributed by atoms with Gasteiger partial charge in [-0.2, -0.15) is 0 Å². The molecule has 4 nitrogen and oxygen atoms in total. The number of benzene rings is 1. The molecule has 0 fully saturated rings. The summed E-state index contributed by atoms with van der Waals surface area (Å²) < 4.78 is 12.7. The van der Waals surface area contributed by atoms with Gasteiger partial charge in [-0.05, 0) is 36.8 Å². The van der Waals surface area contributed by atoms with Crippen molar-refractivity contribution in [2.24, 2.45) is 0 Å². The van der Waals surface area contributed by atoms with E-state index in [0.29, 0.717) is 11.5 Å². The Morgan fingerprint density at radius 1 is 1.37 bits per heavy atom. The number of nitrogens with one attached hydrogen (secondary N) is 1. The van der Waals surface area contributed by atoms with Crippen LogP contribution in [-0.4, -0.2) is 10.9 Å². The largest absolute Gasteiger partial charge is 0.399 e. The van der Waals surface area contributed by atoms with Crippen molar-refractivity contribution in [1.82, 2.24) is 4.98 Å². The van der Waals surface area contributed by atoms with Crippen LogP contribution in [0.2, 0.25) is 0 Å². The number of aromatic nitrogens is 1. The average molecular weight is 259 g/mol. The number of nitrogens with two attached hydrogens (primary N) is 1. The number of anilines is 2. The fourth-order valence-corrected chi connectivity index (χ4v) is 1.66. The molecule has 0 spiro atoms. The fourth-order valence-electron chi connectivity index (χ4n) is 1.66. The van der Waals surface area contributed by atoms with Gasteiger partial charge in [0.2, 0.25) is 5.91 Å². The molecule has 0 saturated heterocycles. The second-order valence-electron chi connectivity index (χ2n) is 4.24. The molecule has 2 aromatic rings. The standard InChI is InChI=1S/C14H14FN3O/c1-9(10-3-2-4-12(16)7-10)14(19)18-13-6-5-11(15)8-17-13/h2-9H,16H2,1H3,(H,17,18,19). The van der Waals surface area contributed by atoms with Crippen LogP contribution in [0.1, 0.15) is 18.4 Å². The number of carbonyl (C=O) groups is 1. The van der Waals surface area contributed by atoms with Gasteiger partial charge in [0.1, 0.15) is 11.6 Å². The summed E-state index contributed by atoms with van der Waals surface area (Å²) in [5.74, 6) is -0.705. The molecule has 1 atom stereocenters. The number of nitrogen functional groups attached to an aromatic ring is 1. The normalized spacial score (nSPS) is 11.9. The first-order valence-corrected chi connectivity index (χ1v) is 5.84. The minimum atomic E-state index is -0.443. The third-order valence-electron chi connectivity index (χ3n) is 2.78. The van der Waals surface area contributed by atoms with Crippen LogP contribution in [0.15, 0.2) is 42.6 Å². The number of hydrogen-bond acceptors (Lipinski definition) is 3. The van der Waals surface area contributed by atoms with Crippen molar-refractivity contribution in [2.75, 3.05) is 11.1 Å². The lowest BCUT2D eigenvalue weighted by Crippen LogP contribution is -2.19. The molecule has 0 bridgehead atoms. The number of pyridine rings is 1. The molecule has 0 aliphatic carbocycles. The van der Waals surface area contributed by atoms with E-state index in [4.69, 9.17) is 5.73 Å². The van der Waals surface area contributed by atoms with E-state index in [0.717, 1.165) is 11.8 Å². The summed E-state index contributed by atoms with van der Waals surface area (Å²) >= 11 is 0. The minimum Gasteiger partial charge on any atom is -0.399 e. The van der Waals surface area contributed by atoms with Gasteiger partial charge in [-0.3, -0.25) is 4.79 Å². The highest BCUT2D eigenvalue weighted by Crippen LogP contribution is 2.19. The molecule has 1 aromatic carbocycles. The number of nitrogens with zero attached hydrogens (tertiary/aromatic N) is 1. The van der Waals surface area contributed by atoms with Crippen molar-refractivity contribution in [1.29, 1.82) is 0 Å². The second-order valence-corrected chi connectivity index (χ2v) is 4.24. The molecule has 98 valence electrons. The summed E-state index contributed by atoms with van der Waals surface area (Å²) in [4.78, 5) is 15.8. The molecule has 1 heterocycles. The van der Waals surface area contributed by atoms with Crippen molar-refractivity contribution in [3.05, 3.63) is 54.0 Å². The first-order chi connectivity index (χ1) is 9.06. The van der Waals surface area contributed by atoms with Gasteiger partial charge in [-0.25, -0.2) is 9.37 Å². The lowest BCUT2D eigenvalue weighted by Gasteiger charge is -2.12. The van der Waals surface area contributed by atoms with E-state index in [1.165, 1.54) is 12.1 Å². The zero-order chi connectivity index (χ0) is 13.8. The molecule has 0 aliphatic heterocycles. The van der Waals surface area contributed by atoms with E-state index in [1.54, 1.807) is 25.1 Å². The minimum absolute atomic E-state index is 0.218. The highest BCUT2D eigenvalue weighted by Gasteiger charge is 2.15. The van der Waals surface area contributed by atoms with Crippen LogP contribution in [0, 0.1) is 5.82 Å². The third-order valence-corrected chi connectivity index (χ3v) is 2.78. The van der Waals surface area contributed by atoms with Crippen LogP contribution >= 0.6 is 0 Å². The molecule has 1 amide bonds. The Hall–Kier alpha value is -2.43. The first kappa shape index (κ1) is 13.0. The van der Waals surface area contributed by atoms with Gasteiger partial charge >= 0.3 is 0 Å². The number of halogens is 1. The van der Waals surface area contributed by atoms with E-state index >= 15 is 0 Å². The molecular formula is C14H14FN3O. The van der Waals surface area contributed by atoms with Gasteiger partial charge in [0, 0.05) is 5.69 Å². The Morgan fingerprint density at radius 3 is 2.79 bits per heavy atom. The monoisotopic (exact) mass is 259 g/mol. The highest BCUT2D eigenvalue weighted by atomic mass is 19.1. The molecule has 1 unspecified atom stereocenters. The molecule has 1 aromatic heterocycles. The lowest BCUT2D eigenvalue weighted by atomic mass is 10.00. The highest BCUT2D eigenvalue weighted by molar-refractivity contribution is 5.94. The van der Waals surface area contributed by atoms with Crippen LogP contribution in [0.5, 0.6) is 0 Å². The third kappa shape index (κ3) is 3.28. The first-order valence-electron chi connectivity index (χ1n) is 5.84. The number of carbonyl (C=O) groups excluding carboxylic acids is 1. The summed E-state index contributed by atoms with van der Waals surface area (Å²) in [6.45, 7) is 1.77. The van der Waals surface area contributed by atoms with Crippen LogP contribution in [0.25, 0.3) is 0 Å². The van der Waals surface area contributed by atoms with E-state index in [9.17, 15) is 9.18 Å². The van der Waals surface area contributed by atoms with E-state index in [2.05, 4.69) is 10.3 Å². The molecular weight excluding hydrogens is 245 g/mol. The topological polar surface area (TPSA) is 68.0 Å². The molecule has 0 radical (unpaired) electrons. The predicted octanol–water partition coefficient (Wildman–Crippen LogP) is 2.55. The van der Waals surface area contributed by atoms with E-state index in [1.807, 2.05) is 6.07 Å². The number of hydrogen-bond donors (Lipinski definition) is 2. The molecule has 2 rings (SSSR count). The van der Waals surface area contributed by atoms with Crippen LogP contribution in [-0.2, 0) is 4.79 Å². The maximum Gasteiger partial charge on any atom is 0.232 e. The van der Waals surface area contributed by atoms with Gasteiger partial charge < -0.3 is 11.1 Å². The zero-order valence-electron chi connectivity index (χ0n) is 10.4. The summed E-state index contributed by atoms with van der Waals surface area (Å²) in [6, 6.07) is 9.80. The van der Waals surface area contributed by atoms with Crippen LogP contribution < -0.4 is 11.1 Å². The van der Waals surface area contributed by atoms with Gasteiger partial charge in [-0.15, -0.1) is 0 Å². The van der Waals surface area contributed by atoms with Crippen LogP contribution in [0.3, 0.4) is 0 Å². The van der Waals surface area contributed by atoms with Gasteiger partial charge in [0.25, 0.3) is 0 Å². The molecule has 3 N–H and O–H groups in total. The number of rotatable bonds is 3. The zero-order valence-corrected chi connectivity index (χ0v) is 10.4. The quantitative estimate of drug-likeness (QED) is 0.832. The van der Waals surface area contributed by atoms with Gasteiger partial charge in [0.05, 0.1) is 12.1 Å². The summed E-state index contributed by atoms with van der Waals surface area (Å²) in [5.41, 5.74) is 7.11. The van der Waals surface area contributed by atoms with Crippen molar-refractivity contribution in [3.8, 4) is 0 Å². The van der Waals surface area contributed by atoms with Crippen LogP contribution in [0.4, 0.5) is 15.9 Å². The second kappa shape index (κ2) is 5.48. The van der Waals surface area contributed by atoms with E-state index < -0.39 is 5.82 Å². The fraction of sp³-hybridized carbons (Fsp3) is 0.143. The van der Waals surface area contributed by atoms with Crippen molar-refractivity contribution in [3.63, 3.8) is 0 Å². The average Bonchev–Trinajstić information content (AvgIpc) is 2.40. The maximum atomic E-state index is 12.7. The van der Waals surface area contributed by atoms with Crippen molar-refractivity contribution < 1.29 is 9.18 Å². The number of amides is 1. The smallest absolute Gasteiger partial charge is 0.232 e. The summed E-state index contributed by atoms with van der Waals surface area (Å²) in [6.07, 6.45) is 1.06. The van der Waals surface area contributed by atoms with Gasteiger partial charge in [-0.1, -0.05) is 12.1 Å². The Bertz CT molecular complexity index is 583. The van der Waals surface area contributed by atoms with E-state index in [-0.39, 0.29) is 11.8 Å². The molecule has 19 heavy (non-hydrogen) atoms. The molecule has 5 heteroatoms. The molecule has 0 saturated carbocycles. The lowest BCUT2D eigenvalue weighted by molar-refractivity contribution is -0.117. The Labute approximate surface area is 110 Å².